The van der Waals surface area contributed by atoms with Crippen LogP contribution in [0.2, 0.25) is 0 Å². The van der Waals surface area contributed by atoms with Gasteiger partial charge in [-0.15, -0.1) is 0 Å². The Morgan fingerprint density at radius 3 is 1.29 bits per heavy atom. The van der Waals surface area contributed by atoms with E-state index in [1.54, 1.807) is 18.6 Å². The molecule has 0 saturated carbocycles. The summed E-state index contributed by atoms with van der Waals surface area (Å²) < 4.78 is 13.3. The summed E-state index contributed by atoms with van der Waals surface area (Å²) in [6.07, 6.45) is 5.36. The van der Waals surface area contributed by atoms with E-state index in [1.807, 2.05) is 36.4 Å². The molecule has 0 aromatic carbocycles. The quantitative estimate of drug-likeness (QED) is 0.598. The lowest BCUT2D eigenvalue weighted by Crippen LogP contribution is -2.26. The van der Waals surface area contributed by atoms with Crippen LogP contribution in [0, 0.1) is 0 Å². The Hall–Kier alpha value is -1.93. The fraction of sp³-hybridized carbons (Fsp3) is 0. The molecule has 0 spiro atoms. The van der Waals surface area contributed by atoms with Crippen molar-refractivity contribution < 1.29 is 4.57 Å². The first-order valence-corrected chi connectivity index (χ1v) is 7.04. The van der Waals surface area contributed by atoms with Gasteiger partial charge in [0.05, 0.1) is 16.3 Å². The minimum Gasteiger partial charge on any atom is -0.358 e. The molecule has 3 heterocycles. The Bertz CT molecular complexity index is 532. The molecule has 0 radical (unpaired) electrons. The number of hydrogen-bond acceptors (Lipinski definition) is 1. The summed E-state index contributed by atoms with van der Waals surface area (Å²) in [5.74, 6) is 0. The Balaban J connectivity index is 2.26. The summed E-state index contributed by atoms with van der Waals surface area (Å²) in [5.41, 5.74) is 2.17. The molecular formula is C12H12N3OP. The lowest BCUT2D eigenvalue weighted by molar-refractivity contribution is 0.591. The van der Waals surface area contributed by atoms with Gasteiger partial charge < -0.3 is 19.5 Å². The van der Waals surface area contributed by atoms with Crippen LogP contribution in [-0.2, 0) is 4.57 Å². The average molecular weight is 245 g/mol. The summed E-state index contributed by atoms with van der Waals surface area (Å²) in [6, 6.07) is 11.1. The third kappa shape index (κ3) is 1.49. The molecule has 0 saturated heterocycles. The minimum atomic E-state index is -2.80. The van der Waals surface area contributed by atoms with E-state index in [4.69, 9.17) is 0 Å². The second kappa shape index (κ2) is 3.82. The van der Waals surface area contributed by atoms with Crippen molar-refractivity contribution in [2.24, 2.45) is 0 Å². The van der Waals surface area contributed by atoms with Crippen molar-refractivity contribution in [2.45, 2.75) is 0 Å². The highest BCUT2D eigenvalue weighted by Gasteiger charge is 2.32. The predicted molar refractivity (Wildman–Crippen MR) is 68.9 cm³/mol. The monoisotopic (exact) mass is 245 g/mol. The van der Waals surface area contributed by atoms with E-state index in [0.29, 0.717) is 0 Å². The summed E-state index contributed by atoms with van der Waals surface area (Å²) in [7, 11) is -2.80. The molecule has 0 aliphatic heterocycles. The molecule has 86 valence electrons. The summed E-state index contributed by atoms with van der Waals surface area (Å²) in [6.45, 7) is 0. The van der Waals surface area contributed by atoms with E-state index >= 15 is 0 Å². The van der Waals surface area contributed by atoms with Crippen molar-refractivity contribution in [1.29, 1.82) is 0 Å². The highest BCUT2D eigenvalue weighted by molar-refractivity contribution is 7.84. The van der Waals surface area contributed by atoms with E-state index in [9.17, 15) is 4.57 Å². The van der Waals surface area contributed by atoms with E-state index in [1.165, 1.54) is 0 Å². The zero-order chi connectivity index (χ0) is 11.7. The molecule has 0 fully saturated rings. The largest absolute Gasteiger partial charge is 0.358 e. The molecule has 0 unspecified atom stereocenters. The van der Waals surface area contributed by atoms with E-state index in [-0.39, 0.29) is 0 Å². The van der Waals surface area contributed by atoms with Crippen LogP contribution < -0.4 is 16.3 Å². The smallest absolute Gasteiger partial charge is 0.217 e. The van der Waals surface area contributed by atoms with Crippen molar-refractivity contribution in [3.63, 3.8) is 0 Å². The molecule has 5 heteroatoms. The fourth-order valence-electron chi connectivity index (χ4n) is 1.94. The third-order valence-electron chi connectivity index (χ3n) is 2.76. The van der Waals surface area contributed by atoms with Crippen LogP contribution in [0.1, 0.15) is 0 Å². The van der Waals surface area contributed by atoms with Gasteiger partial charge in [0.25, 0.3) is 0 Å². The highest BCUT2D eigenvalue weighted by Crippen LogP contribution is 2.40. The Morgan fingerprint density at radius 1 is 0.706 bits per heavy atom. The zero-order valence-electron chi connectivity index (χ0n) is 9.05. The predicted octanol–water partition coefficient (Wildman–Crippen LogP) is 1.31. The van der Waals surface area contributed by atoms with Crippen molar-refractivity contribution >= 4 is 23.4 Å². The summed E-state index contributed by atoms with van der Waals surface area (Å²) in [4.78, 5) is 9.15. The Morgan fingerprint density at radius 2 is 1.06 bits per heavy atom. The van der Waals surface area contributed by atoms with Crippen molar-refractivity contribution in [3.8, 4) is 0 Å². The third-order valence-corrected chi connectivity index (χ3v) is 5.63. The van der Waals surface area contributed by atoms with Crippen LogP contribution >= 0.6 is 7.14 Å². The van der Waals surface area contributed by atoms with Gasteiger partial charge in [0.15, 0.2) is 0 Å². The number of rotatable bonds is 3. The Labute approximate surface area is 98.5 Å². The zero-order valence-corrected chi connectivity index (χ0v) is 9.95. The molecule has 0 aliphatic carbocycles. The molecule has 3 aromatic rings. The van der Waals surface area contributed by atoms with Crippen LogP contribution in [0.4, 0.5) is 0 Å². The van der Waals surface area contributed by atoms with Gasteiger partial charge in [-0.3, -0.25) is 0 Å². The van der Waals surface area contributed by atoms with Crippen LogP contribution in [0.25, 0.3) is 0 Å². The van der Waals surface area contributed by atoms with Crippen molar-refractivity contribution in [2.75, 3.05) is 0 Å². The lowest BCUT2D eigenvalue weighted by Gasteiger charge is -2.14. The van der Waals surface area contributed by atoms with Crippen LogP contribution in [0.5, 0.6) is 0 Å². The molecule has 3 aromatic heterocycles. The van der Waals surface area contributed by atoms with Gasteiger partial charge in [0.1, 0.15) is 0 Å². The Kier molecular flexibility index (Phi) is 2.30. The molecule has 0 atom stereocenters. The number of H-pyrrole nitrogens is 3. The minimum absolute atomic E-state index is 0.724. The van der Waals surface area contributed by atoms with Crippen LogP contribution in [0.3, 0.4) is 0 Å². The maximum absolute atomic E-state index is 13.3. The summed E-state index contributed by atoms with van der Waals surface area (Å²) >= 11 is 0. The van der Waals surface area contributed by atoms with Crippen molar-refractivity contribution in [3.05, 3.63) is 55.0 Å². The maximum atomic E-state index is 13.3. The van der Waals surface area contributed by atoms with E-state index in [0.717, 1.165) is 16.3 Å². The van der Waals surface area contributed by atoms with Gasteiger partial charge in [0, 0.05) is 18.6 Å². The molecule has 3 N–H and O–H groups in total. The second-order valence-corrected chi connectivity index (χ2v) is 6.44. The standard InChI is InChI=1S/C12H12N3OP/c16-17(10-4-1-7-13-10,11-5-2-8-14-11)12-6-3-9-15-12/h1-9,13-15H. The topological polar surface area (TPSA) is 64.4 Å². The second-order valence-electron chi connectivity index (χ2n) is 3.78. The SMILES string of the molecule is O=P(c1ccc[nH]1)(c1ccc[nH]1)c1ccc[nH]1. The van der Waals surface area contributed by atoms with Crippen LogP contribution in [-0.4, -0.2) is 15.0 Å². The first-order chi connectivity index (χ1) is 8.32. The van der Waals surface area contributed by atoms with Gasteiger partial charge >= 0.3 is 0 Å². The number of hydrogen-bond donors (Lipinski definition) is 3. The maximum Gasteiger partial charge on any atom is 0.217 e. The number of aromatic nitrogens is 3. The first-order valence-electron chi connectivity index (χ1n) is 5.34. The van der Waals surface area contributed by atoms with Gasteiger partial charge in [-0.05, 0) is 36.4 Å². The van der Waals surface area contributed by atoms with E-state index < -0.39 is 7.14 Å². The number of nitrogens with one attached hydrogen (secondary N) is 3. The molecule has 4 nitrogen and oxygen atoms in total. The molecule has 17 heavy (non-hydrogen) atoms. The first kappa shape index (κ1) is 10.2. The molecule has 0 amide bonds. The fourth-order valence-corrected chi connectivity index (χ4v) is 4.38. The molecule has 0 bridgehead atoms. The van der Waals surface area contributed by atoms with E-state index in [2.05, 4.69) is 15.0 Å². The normalized spacial score (nSPS) is 11.8. The van der Waals surface area contributed by atoms with Gasteiger partial charge in [-0.1, -0.05) is 0 Å². The molecule has 0 aliphatic rings. The van der Waals surface area contributed by atoms with Gasteiger partial charge in [-0.25, -0.2) is 0 Å². The van der Waals surface area contributed by atoms with Gasteiger partial charge in [0.2, 0.25) is 7.14 Å². The average Bonchev–Trinajstić information content (AvgIpc) is 3.10. The summed E-state index contributed by atoms with van der Waals surface area (Å²) in [5, 5.41) is 0. The van der Waals surface area contributed by atoms with Gasteiger partial charge in [-0.2, -0.15) is 0 Å². The molecule has 3 rings (SSSR count). The van der Waals surface area contributed by atoms with Crippen LogP contribution in [0.15, 0.2) is 55.0 Å². The lowest BCUT2D eigenvalue weighted by atomic mass is 10.7. The number of aromatic amines is 3. The molecular weight excluding hydrogens is 233 g/mol. The highest BCUT2D eigenvalue weighted by atomic mass is 31.2. The van der Waals surface area contributed by atoms with Crippen molar-refractivity contribution in [1.82, 2.24) is 15.0 Å².